The molecule has 0 aliphatic carbocycles. The Labute approximate surface area is 132 Å². The monoisotopic (exact) mass is 323 g/mol. The molecule has 1 aliphatic heterocycles. The van der Waals surface area contributed by atoms with Gasteiger partial charge in [-0.25, -0.2) is 0 Å². The Balaban J connectivity index is 1.91. The minimum Gasteiger partial charge on any atom is -0.496 e. The number of nitrogen functional groups attached to an aromatic ring is 1. The van der Waals surface area contributed by atoms with E-state index < -0.39 is 0 Å². The number of hydrogen-bond acceptors (Lipinski definition) is 7. The second-order valence-electron chi connectivity index (χ2n) is 4.78. The Bertz CT molecular complexity index is 632. The van der Waals surface area contributed by atoms with E-state index in [1.807, 2.05) is 29.6 Å². The molecule has 1 aromatic carbocycles. The zero-order valence-electron chi connectivity index (χ0n) is 11.9. The van der Waals surface area contributed by atoms with Gasteiger partial charge in [0, 0.05) is 28.5 Å². The summed E-state index contributed by atoms with van der Waals surface area (Å²) in [5.74, 6) is 4.18. The number of thioether (sulfide) groups is 2. The molecule has 2 heterocycles. The van der Waals surface area contributed by atoms with Crippen molar-refractivity contribution in [3.63, 3.8) is 0 Å². The van der Waals surface area contributed by atoms with Crippen LogP contribution in [0.5, 0.6) is 5.75 Å². The van der Waals surface area contributed by atoms with E-state index in [1.54, 1.807) is 19.2 Å². The summed E-state index contributed by atoms with van der Waals surface area (Å²) in [4.78, 5) is 4.56. The van der Waals surface area contributed by atoms with Crippen LogP contribution in [-0.2, 0) is 0 Å². The van der Waals surface area contributed by atoms with Crippen LogP contribution in [0.15, 0.2) is 22.7 Å². The van der Waals surface area contributed by atoms with Crippen molar-refractivity contribution in [2.75, 3.05) is 24.3 Å². The van der Waals surface area contributed by atoms with Crippen molar-refractivity contribution < 1.29 is 9.26 Å². The van der Waals surface area contributed by atoms with Gasteiger partial charge in [0.25, 0.3) is 5.89 Å². The van der Waals surface area contributed by atoms with Gasteiger partial charge in [-0.2, -0.15) is 16.7 Å². The Kier molecular flexibility index (Phi) is 4.30. The quantitative estimate of drug-likeness (QED) is 0.869. The predicted octanol–water partition coefficient (Wildman–Crippen LogP) is 3.24. The number of anilines is 1. The Hall–Kier alpha value is -1.34. The lowest BCUT2D eigenvalue weighted by Crippen LogP contribution is -2.16. The molecule has 21 heavy (non-hydrogen) atoms. The number of ether oxygens (including phenoxy) is 1. The summed E-state index contributed by atoms with van der Waals surface area (Å²) in [5, 5.41) is 4.92. The van der Waals surface area contributed by atoms with Gasteiger partial charge in [-0.05, 0) is 12.1 Å². The molecule has 2 N–H and O–H groups in total. The molecule has 7 heteroatoms. The summed E-state index contributed by atoms with van der Waals surface area (Å²) in [6.07, 6.45) is 0. The smallest absolute Gasteiger partial charge is 0.261 e. The van der Waals surface area contributed by atoms with Crippen LogP contribution in [0.4, 0.5) is 5.69 Å². The van der Waals surface area contributed by atoms with E-state index in [-0.39, 0.29) is 5.25 Å². The maximum absolute atomic E-state index is 5.77. The van der Waals surface area contributed by atoms with Crippen molar-refractivity contribution >= 4 is 29.2 Å². The third kappa shape index (κ3) is 2.98. The van der Waals surface area contributed by atoms with Crippen LogP contribution in [-0.4, -0.2) is 34.0 Å². The van der Waals surface area contributed by atoms with Gasteiger partial charge < -0.3 is 15.0 Å². The van der Waals surface area contributed by atoms with Crippen LogP contribution in [0.25, 0.3) is 11.5 Å². The average Bonchev–Trinajstić information content (AvgIpc) is 2.97. The summed E-state index contributed by atoms with van der Waals surface area (Å²) in [6.45, 7) is 2.21. The molecule has 0 radical (unpaired) electrons. The van der Waals surface area contributed by atoms with Gasteiger partial charge in [0.1, 0.15) is 5.75 Å². The van der Waals surface area contributed by atoms with Gasteiger partial charge in [-0.3, -0.25) is 0 Å². The summed E-state index contributed by atoms with van der Waals surface area (Å²) in [7, 11) is 1.60. The van der Waals surface area contributed by atoms with Gasteiger partial charge in [0.15, 0.2) is 5.82 Å². The minimum atomic E-state index is 0.279. The van der Waals surface area contributed by atoms with E-state index >= 15 is 0 Å². The third-order valence-corrected chi connectivity index (χ3v) is 6.43. The zero-order chi connectivity index (χ0) is 14.8. The summed E-state index contributed by atoms with van der Waals surface area (Å²) >= 11 is 3.84. The molecule has 2 unspecified atom stereocenters. The first kappa shape index (κ1) is 14.6. The van der Waals surface area contributed by atoms with Crippen LogP contribution in [0, 0.1) is 0 Å². The predicted molar refractivity (Wildman–Crippen MR) is 87.8 cm³/mol. The van der Waals surface area contributed by atoms with Crippen molar-refractivity contribution in [3.05, 3.63) is 24.0 Å². The van der Waals surface area contributed by atoms with E-state index in [0.717, 1.165) is 17.1 Å². The lowest BCUT2D eigenvalue weighted by molar-refractivity contribution is 0.402. The normalized spacial score (nSPS) is 22.2. The molecule has 0 bridgehead atoms. The molecule has 1 fully saturated rings. The van der Waals surface area contributed by atoms with Gasteiger partial charge in [0.2, 0.25) is 0 Å². The summed E-state index contributed by atoms with van der Waals surface area (Å²) in [5.41, 5.74) is 7.18. The first-order chi connectivity index (χ1) is 10.2. The first-order valence-electron chi connectivity index (χ1n) is 6.69. The minimum absolute atomic E-state index is 0.279. The second kappa shape index (κ2) is 6.19. The van der Waals surface area contributed by atoms with E-state index in [1.165, 1.54) is 5.75 Å². The highest BCUT2D eigenvalue weighted by atomic mass is 32.2. The fraction of sp³-hybridized carbons (Fsp3) is 0.429. The largest absolute Gasteiger partial charge is 0.496 e. The van der Waals surface area contributed by atoms with Gasteiger partial charge in [-0.15, -0.1) is 11.8 Å². The van der Waals surface area contributed by atoms with Crippen LogP contribution in [0.3, 0.4) is 0 Å². The van der Waals surface area contributed by atoms with Crippen LogP contribution in [0.2, 0.25) is 0 Å². The number of benzene rings is 1. The molecule has 2 aromatic rings. The van der Waals surface area contributed by atoms with Crippen molar-refractivity contribution in [1.82, 2.24) is 10.1 Å². The van der Waals surface area contributed by atoms with Crippen LogP contribution >= 0.6 is 23.5 Å². The number of nitrogens with zero attached hydrogens (tertiary/aromatic N) is 2. The fourth-order valence-corrected chi connectivity index (χ4v) is 4.94. The van der Waals surface area contributed by atoms with Gasteiger partial charge >= 0.3 is 0 Å². The molecule has 1 aromatic heterocycles. The Morgan fingerprint density at radius 2 is 2.14 bits per heavy atom. The van der Waals surface area contributed by atoms with E-state index in [0.29, 0.717) is 22.6 Å². The molecular weight excluding hydrogens is 306 g/mol. The molecule has 2 atom stereocenters. The summed E-state index contributed by atoms with van der Waals surface area (Å²) in [6, 6.07) is 5.40. The molecule has 3 rings (SSSR count). The lowest BCUT2D eigenvalue weighted by atomic mass is 10.2. The Morgan fingerprint density at radius 1 is 1.33 bits per heavy atom. The standard InChI is InChI=1S/C14H17N3O2S2/c1-8-12(21-6-5-20-8)13-16-14(19-17-13)10-4-3-9(15)7-11(10)18-2/h3-4,7-8,12H,5-6,15H2,1-2H3. The van der Waals surface area contributed by atoms with E-state index in [4.69, 9.17) is 15.0 Å². The fourth-order valence-electron chi connectivity index (χ4n) is 2.26. The third-order valence-electron chi connectivity index (χ3n) is 3.34. The molecule has 5 nitrogen and oxygen atoms in total. The molecule has 1 aliphatic rings. The molecule has 0 spiro atoms. The van der Waals surface area contributed by atoms with Crippen LogP contribution in [0.1, 0.15) is 18.0 Å². The molecule has 0 amide bonds. The highest BCUT2D eigenvalue weighted by Gasteiger charge is 2.29. The number of methoxy groups -OCH3 is 1. The maximum Gasteiger partial charge on any atom is 0.261 e. The first-order valence-corrected chi connectivity index (χ1v) is 8.79. The van der Waals surface area contributed by atoms with Crippen molar-refractivity contribution in [2.24, 2.45) is 0 Å². The lowest BCUT2D eigenvalue weighted by Gasteiger charge is -2.24. The average molecular weight is 323 g/mol. The number of aromatic nitrogens is 2. The second-order valence-corrected chi connectivity index (χ2v) is 7.52. The Morgan fingerprint density at radius 3 is 2.90 bits per heavy atom. The van der Waals surface area contributed by atoms with Crippen molar-refractivity contribution in [3.8, 4) is 17.2 Å². The zero-order valence-corrected chi connectivity index (χ0v) is 13.5. The van der Waals surface area contributed by atoms with E-state index in [9.17, 15) is 0 Å². The van der Waals surface area contributed by atoms with Crippen molar-refractivity contribution in [1.29, 1.82) is 0 Å². The van der Waals surface area contributed by atoms with E-state index in [2.05, 4.69) is 17.1 Å². The topological polar surface area (TPSA) is 74.2 Å². The molecule has 0 saturated carbocycles. The number of hydrogen-bond donors (Lipinski definition) is 1. The van der Waals surface area contributed by atoms with Crippen molar-refractivity contribution in [2.45, 2.75) is 17.4 Å². The SMILES string of the molecule is COc1cc(N)ccc1-c1nc(C2SCCSC2C)no1. The highest BCUT2D eigenvalue weighted by molar-refractivity contribution is 8.06. The molecular formula is C14H17N3O2S2. The maximum atomic E-state index is 5.77. The number of nitrogens with two attached hydrogens (primary N) is 1. The number of rotatable bonds is 3. The summed E-state index contributed by atoms with van der Waals surface area (Å²) < 4.78 is 10.8. The molecule has 1 saturated heterocycles. The van der Waals surface area contributed by atoms with Gasteiger partial charge in [-0.1, -0.05) is 12.1 Å². The highest BCUT2D eigenvalue weighted by Crippen LogP contribution is 2.42. The van der Waals surface area contributed by atoms with Crippen LogP contribution < -0.4 is 10.5 Å². The van der Waals surface area contributed by atoms with Gasteiger partial charge in [0.05, 0.1) is 17.9 Å². The molecule has 112 valence electrons.